The molecule has 0 radical (unpaired) electrons. The van der Waals surface area contributed by atoms with Gasteiger partial charge in [0, 0.05) is 19.1 Å². The number of nitrogens with zero attached hydrogens (tertiary/aromatic N) is 1. The molecule has 0 saturated carbocycles. The van der Waals surface area contributed by atoms with Crippen molar-refractivity contribution in [2.45, 2.75) is 24.3 Å². The van der Waals surface area contributed by atoms with E-state index in [1.54, 1.807) is 4.90 Å². The van der Waals surface area contributed by atoms with Gasteiger partial charge in [-0.25, -0.2) is 13.1 Å². The number of morpholine rings is 1. The van der Waals surface area contributed by atoms with E-state index < -0.39 is 10.0 Å². The fourth-order valence-electron chi connectivity index (χ4n) is 3.29. The zero-order chi connectivity index (χ0) is 20.9. The van der Waals surface area contributed by atoms with E-state index in [-0.39, 0.29) is 22.4 Å². The molecule has 1 amide bonds. The van der Waals surface area contributed by atoms with Crippen LogP contribution in [0.3, 0.4) is 0 Å². The molecule has 0 aromatic heterocycles. The first-order valence-electron chi connectivity index (χ1n) is 9.58. The SMILES string of the molecule is CCC(NS(=O)(=O)c1ccc(OC)c(C(=O)N2CCOCC2)c1)c1ccccc1. The van der Waals surface area contributed by atoms with E-state index in [9.17, 15) is 13.2 Å². The van der Waals surface area contributed by atoms with Gasteiger partial charge in [0.1, 0.15) is 5.75 Å². The first-order valence-corrected chi connectivity index (χ1v) is 11.1. The van der Waals surface area contributed by atoms with Gasteiger partial charge in [-0.2, -0.15) is 0 Å². The molecule has 1 heterocycles. The van der Waals surface area contributed by atoms with Gasteiger partial charge in [-0.1, -0.05) is 37.3 Å². The van der Waals surface area contributed by atoms with Crippen molar-refractivity contribution in [3.63, 3.8) is 0 Å². The molecule has 2 aromatic rings. The van der Waals surface area contributed by atoms with Crippen LogP contribution in [0, 0.1) is 0 Å². The van der Waals surface area contributed by atoms with E-state index >= 15 is 0 Å². The molecule has 1 saturated heterocycles. The Morgan fingerprint density at radius 2 is 1.86 bits per heavy atom. The third kappa shape index (κ3) is 4.95. The number of ether oxygens (including phenoxy) is 2. The number of carbonyl (C=O) groups excluding carboxylic acids is 1. The lowest BCUT2D eigenvalue weighted by atomic mass is 10.1. The van der Waals surface area contributed by atoms with Crippen molar-refractivity contribution in [2.75, 3.05) is 33.4 Å². The maximum atomic E-state index is 13.0. The summed E-state index contributed by atoms with van der Waals surface area (Å²) in [7, 11) is -2.37. The van der Waals surface area contributed by atoms with Crippen LogP contribution in [0.15, 0.2) is 53.4 Å². The summed E-state index contributed by atoms with van der Waals surface area (Å²) in [6.07, 6.45) is 0.596. The number of sulfonamides is 1. The fourth-order valence-corrected chi connectivity index (χ4v) is 4.62. The second-order valence-electron chi connectivity index (χ2n) is 6.76. The summed E-state index contributed by atoms with van der Waals surface area (Å²) in [6, 6.07) is 13.4. The molecule has 1 atom stereocenters. The quantitative estimate of drug-likeness (QED) is 0.747. The van der Waals surface area contributed by atoms with E-state index in [1.165, 1.54) is 25.3 Å². The number of nitrogens with one attached hydrogen (secondary N) is 1. The molecule has 0 aliphatic carbocycles. The minimum absolute atomic E-state index is 0.0318. The number of amides is 1. The fraction of sp³-hybridized carbons (Fsp3) is 0.381. The van der Waals surface area contributed by atoms with Crippen molar-refractivity contribution >= 4 is 15.9 Å². The molecule has 1 aliphatic rings. The Labute approximate surface area is 171 Å². The molecule has 7 nitrogen and oxygen atoms in total. The smallest absolute Gasteiger partial charge is 0.257 e. The summed E-state index contributed by atoms with van der Waals surface area (Å²) in [5, 5.41) is 0. The number of rotatable bonds is 7. The van der Waals surface area contributed by atoms with Gasteiger partial charge in [0.2, 0.25) is 10.0 Å². The van der Waals surface area contributed by atoms with Crippen LogP contribution in [-0.2, 0) is 14.8 Å². The molecular weight excluding hydrogens is 392 g/mol. The summed E-state index contributed by atoms with van der Waals surface area (Å²) >= 11 is 0. The first-order chi connectivity index (χ1) is 14.0. The average molecular weight is 419 g/mol. The second-order valence-corrected chi connectivity index (χ2v) is 8.47. The van der Waals surface area contributed by atoms with Crippen molar-refractivity contribution in [1.82, 2.24) is 9.62 Å². The number of hydrogen-bond acceptors (Lipinski definition) is 5. The number of benzene rings is 2. The third-order valence-electron chi connectivity index (χ3n) is 4.92. The van der Waals surface area contributed by atoms with Gasteiger partial charge in [0.15, 0.2) is 0 Å². The first kappa shape index (κ1) is 21.3. The Morgan fingerprint density at radius 3 is 2.48 bits per heavy atom. The highest BCUT2D eigenvalue weighted by atomic mass is 32.2. The minimum atomic E-state index is -3.83. The highest BCUT2D eigenvalue weighted by Gasteiger charge is 2.26. The van der Waals surface area contributed by atoms with Gasteiger partial charge < -0.3 is 14.4 Å². The zero-order valence-corrected chi connectivity index (χ0v) is 17.4. The second kappa shape index (κ2) is 9.39. The van der Waals surface area contributed by atoms with Gasteiger partial charge in [-0.05, 0) is 30.2 Å². The molecule has 156 valence electrons. The predicted molar refractivity (Wildman–Crippen MR) is 110 cm³/mol. The van der Waals surface area contributed by atoms with Gasteiger partial charge >= 0.3 is 0 Å². The van der Waals surface area contributed by atoms with Crippen LogP contribution in [0.25, 0.3) is 0 Å². The Hall–Kier alpha value is -2.42. The van der Waals surface area contributed by atoms with E-state index in [4.69, 9.17) is 9.47 Å². The molecule has 1 fully saturated rings. The van der Waals surface area contributed by atoms with Crippen molar-refractivity contribution in [3.05, 3.63) is 59.7 Å². The molecule has 0 bridgehead atoms. The summed E-state index contributed by atoms with van der Waals surface area (Å²) in [5.41, 5.74) is 1.11. The lowest BCUT2D eigenvalue weighted by Crippen LogP contribution is -2.40. The number of methoxy groups -OCH3 is 1. The molecule has 29 heavy (non-hydrogen) atoms. The van der Waals surface area contributed by atoms with Crippen molar-refractivity contribution in [1.29, 1.82) is 0 Å². The molecule has 8 heteroatoms. The molecule has 1 unspecified atom stereocenters. The van der Waals surface area contributed by atoms with Crippen molar-refractivity contribution < 1.29 is 22.7 Å². The Bertz CT molecular complexity index is 941. The van der Waals surface area contributed by atoms with E-state index in [2.05, 4.69) is 4.72 Å². The number of hydrogen-bond donors (Lipinski definition) is 1. The van der Waals surface area contributed by atoms with Crippen molar-refractivity contribution in [2.24, 2.45) is 0 Å². The van der Waals surface area contributed by atoms with E-state index in [1.807, 2.05) is 37.3 Å². The lowest BCUT2D eigenvalue weighted by molar-refractivity contribution is 0.0300. The Morgan fingerprint density at radius 1 is 1.17 bits per heavy atom. The van der Waals surface area contributed by atoms with Gasteiger partial charge in [0.25, 0.3) is 5.91 Å². The zero-order valence-electron chi connectivity index (χ0n) is 16.6. The lowest BCUT2D eigenvalue weighted by Gasteiger charge is -2.27. The molecular formula is C21H26N2O5S. The molecule has 1 N–H and O–H groups in total. The van der Waals surface area contributed by atoms with Crippen LogP contribution in [0.5, 0.6) is 5.75 Å². The third-order valence-corrected chi connectivity index (χ3v) is 6.39. The molecule has 0 spiro atoms. The highest BCUT2D eigenvalue weighted by Crippen LogP contribution is 2.26. The van der Waals surface area contributed by atoms with E-state index in [0.717, 1.165) is 5.56 Å². The van der Waals surface area contributed by atoms with E-state index in [0.29, 0.717) is 38.5 Å². The summed E-state index contributed by atoms with van der Waals surface area (Å²) in [6.45, 7) is 3.76. The summed E-state index contributed by atoms with van der Waals surface area (Å²) < 4.78 is 39.4. The van der Waals surface area contributed by atoms with Crippen molar-refractivity contribution in [3.8, 4) is 5.75 Å². The highest BCUT2D eigenvalue weighted by molar-refractivity contribution is 7.89. The van der Waals surface area contributed by atoms with Crippen LogP contribution in [0.2, 0.25) is 0 Å². The molecule has 2 aromatic carbocycles. The maximum Gasteiger partial charge on any atom is 0.257 e. The van der Waals surface area contributed by atoms with Crippen LogP contribution >= 0.6 is 0 Å². The Balaban J connectivity index is 1.90. The normalized spacial score (nSPS) is 15.7. The summed E-state index contributed by atoms with van der Waals surface area (Å²) in [5.74, 6) is 0.0767. The largest absolute Gasteiger partial charge is 0.496 e. The van der Waals surface area contributed by atoms with Crippen LogP contribution in [0.1, 0.15) is 35.3 Å². The standard InChI is InChI=1S/C21H26N2O5S/c1-3-19(16-7-5-4-6-8-16)22-29(25,26)17-9-10-20(27-2)18(15-17)21(24)23-11-13-28-14-12-23/h4-10,15,19,22H,3,11-14H2,1-2H3. The maximum absolute atomic E-state index is 13.0. The van der Waals surface area contributed by atoms with Gasteiger partial charge in [0.05, 0.1) is 30.8 Å². The van der Waals surface area contributed by atoms with Crippen LogP contribution in [0.4, 0.5) is 0 Å². The van der Waals surface area contributed by atoms with Gasteiger partial charge in [-0.15, -0.1) is 0 Å². The Kier molecular flexibility index (Phi) is 6.89. The summed E-state index contributed by atoms with van der Waals surface area (Å²) in [4.78, 5) is 14.6. The minimum Gasteiger partial charge on any atom is -0.496 e. The van der Waals surface area contributed by atoms with Gasteiger partial charge in [-0.3, -0.25) is 4.79 Å². The average Bonchev–Trinajstić information content (AvgIpc) is 2.77. The van der Waals surface area contributed by atoms with Crippen LogP contribution < -0.4 is 9.46 Å². The van der Waals surface area contributed by atoms with Crippen LogP contribution in [-0.4, -0.2) is 52.6 Å². The molecule has 3 rings (SSSR count). The topological polar surface area (TPSA) is 84.9 Å². The molecule has 1 aliphatic heterocycles. The predicted octanol–water partition coefficient (Wildman–Crippen LogP) is 2.60. The monoisotopic (exact) mass is 418 g/mol. The number of carbonyl (C=O) groups is 1.